The second-order valence-corrected chi connectivity index (χ2v) is 15.3. The molecule has 0 saturated heterocycles. The SMILES string of the molecule is CC(=CC(=O)NC1CCc2cccc3c2N(C1=O)C(CNC(C)CCC(N)=O)C3)c1ccc(C(F)(F)P(=O)(Oc2ccccn2)Oc2ccccn2)cc1. The van der Waals surface area contributed by atoms with Crippen molar-refractivity contribution in [3.8, 4) is 11.8 Å². The summed E-state index contributed by atoms with van der Waals surface area (Å²) >= 11 is 0. The van der Waals surface area contributed by atoms with E-state index < -0.39 is 30.8 Å². The Balaban J connectivity index is 1.16. The van der Waals surface area contributed by atoms with Gasteiger partial charge >= 0.3 is 13.3 Å². The molecule has 0 saturated carbocycles. The minimum atomic E-state index is -5.32. The molecule has 12 nitrogen and oxygen atoms in total. The fourth-order valence-corrected chi connectivity index (χ4v) is 8.03. The van der Waals surface area contributed by atoms with Gasteiger partial charge in [-0.2, -0.15) is 8.78 Å². The van der Waals surface area contributed by atoms with E-state index in [9.17, 15) is 18.9 Å². The summed E-state index contributed by atoms with van der Waals surface area (Å²) < 4.78 is 56.5. The van der Waals surface area contributed by atoms with Crippen molar-refractivity contribution in [1.29, 1.82) is 0 Å². The van der Waals surface area contributed by atoms with Gasteiger partial charge in [0.15, 0.2) is 0 Å². The number of nitrogens with zero attached hydrogens (tertiary/aromatic N) is 3. The molecule has 4 N–H and O–H groups in total. The van der Waals surface area contributed by atoms with Gasteiger partial charge in [0.05, 0.1) is 11.7 Å². The molecule has 3 unspecified atom stereocenters. The van der Waals surface area contributed by atoms with Gasteiger partial charge in [-0.05, 0) is 73.9 Å². The van der Waals surface area contributed by atoms with E-state index in [0.717, 1.165) is 28.9 Å². The number of aryl methyl sites for hydroxylation is 1. The number of nitrogens with one attached hydrogen (secondary N) is 2. The molecule has 6 rings (SSSR count). The minimum absolute atomic E-state index is 0.0102. The number of nitrogens with two attached hydrogens (primary N) is 1. The number of primary amides is 1. The molecule has 2 aliphatic heterocycles. The summed E-state index contributed by atoms with van der Waals surface area (Å²) in [5.41, 5.74) is 4.39. The largest absolute Gasteiger partial charge is 0.507 e. The topological polar surface area (TPSA) is 166 Å². The summed E-state index contributed by atoms with van der Waals surface area (Å²) in [5, 5.41) is 6.30. The Morgan fingerprint density at radius 1 is 1.00 bits per heavy atom. The van der Waals surface area contributed by atoms with Gasteiger partial charge in [-0.15, -0.1) is 0 Å². The Morgan fingerprint density at radius 3 is 2.26 bits per heavy atom. The average molecular weight is 759 g/mol. The summed E-state index contributed by atoms with van der Waals surface area (Å²) in [5.74, 6) is -1.74. The Labute approximate surface area is 311 Å². The van der Waals surface area contributed by atoms with E-state index in [0.29, 0.717) is 43.4 Å². The summed E-state index contributed by atoms with van der Waals surface area (Å²) in [6.07, 6.45) is 6.39. The lowest BCUT2D eigenvalue weighted by Gasteiger charge is -2.29. The molecule has 0 aliphatic carbocycles. The number of aromatic nitrogens is 2. The number of allylic oxidation sites excluding steroid dienone is 1. The molecule has 0 radical (unpaired) electrons. The summed E-state index contributed by atoms with van der Waals surface area (Å²) in [6.45, 7) is 4.10. The number of amides is 3. The first kappa shape index (κ1) is 38.3. The van der Waals surface area contributed by atoms with Gasteiger partial charge in [0, 0.05) is 55.2 Å². The van der Waals surface area contributed by atoms with E-state index in [1.54, 1.807) is 24.0 Å². The number of pyridine rings is 2. The number of rotatable bonds is 15. The molecule has 282 valence electrons. The number of carbonyl (C=O) groups is 3. The third-order valence-electron chi connectivity index (χ3n) is 9.43. The van der Waals surface area contributed by atoms with Gasteiger partial charge in [-0.25, -0.2) is 14.5 Å². The highest BCUT2D eigenvalue weighted by Crippen LogP contribution is 2.65. The zero-order valence-corrected chi connectivity index (χ0v) is 30.7. The Morgan fingerprint density at radius 2 is 1.65 bits per heavy atom. The van der Waals surface area contributed by atoms with E-state index in [1.165, 1.54) is 54.9 Å². The van der Waals surface area contributed by atoms with Gasteiger partial charge in [0.25, 0.3) is 0 Å². The van der Waals surface area contributed by atoms with Crippen molar-refractivity contribution in [2.45, 2.75) is 69.7 Å². The highest BCUT2D eigenvalue weighted by atomic mass is 31.2. The highest BCUT2D eigenvalue weighted by Gasteiger charge is 2.58. The number of benzene rings is 2. The van der Waals surface area contributed by atoms with Crippen LogP contribution in [-0.4, -0.2) is 52.4 Å². The smallest absolute Gasteiger partial charge is 0.393 e. The second kappa shape index (κ2) is 16.3. The van der Waals surface area contributed by atoms with E-state index in [-0.39, 0.29) is 42.1 Å². The molecule has 0 spiro atoms. The Kier molecular flexibility index (Phi) is 11.5. The van der Waals surface area contributed by atoms with Crippen LogP contribution in [0.25, 0.3) is 5.57 Å². The van der Waals surface area contributed by atoms with Crippen LogP contribution in [0.15, 0.2) is 97.3 Å². The van der Waals surface area contributed by atoms with Crippen LogP contribution < -0.4 is 30.3 Å². The number of hydrogen-bond donors (Lipinski definition) is 3. The average Bonchev–Trinajstić information content (AvgIpc) is 3.47. The number of hydrogen-bond acceptors (Lipinski definition) is 9. The maximum absolute atomic E-state index is 16.1. The van der Waals surface area contributed by atoms with Crippen molar-refractivity contribution >= 4 is 36.6 Å². The molecule has 0 fully saturated rings. The third kappa shape index (κ3) is 8.50. The first-order valence-corrected chi connectivity index (χ1v) is 19.1. The van der Waals surface area contributed by atoms with Crippen molar-refractivity contribution in [1.82, 2.24) is 20.6 Å². The fraction of sp³-hybridized carbons (Fsp3) is 0.308. The van der Waals surface area contributed by atoms with Gasteiger partial charge in [-0.3, -0.25) is 14.4 Å². The monoisotopic (exact) mass is 758 g/mol. The van der Waals surface area contributed by atoms with Crippen molar-refractivity contribution in [2.75, 3.05) is 11.4 Å². The molecular formula is C39H41F2N6O6P. The molecule has 0 bridgehead atoms. The molecule has 4 aromatic rings. The maximum Gasteiger partial charge on any atom is 0.507 e. The number of anilines is 1. The normalized spacial score (nSPS) is 17.7. The molecule has 3 atom stereocenters. The molecule has 2 aromatic carbocycles. The van der Waals surface area contributed by atoms with Crippen LogP contribution >= 0.6 is 7.60 Å². The Bertz CT molecular complexity index is 2020. The second-order valence-electron chi connectivity index (χ2n) is 13.4. The van der Waals surface area contributed by atoms with E-state index >= 15 is 8.78 Å². The predicted molar refractivity (Wildman–Crippen MR) is 199 cm³/mol. The van der Waals surface area contributed by atoms with Gasteiger partial charge < -0.3 is 30.3 Å². The van der Waals surface area contributed by atoms with Gasteiger partial charge in [-0.1, -0.05) is 54.6 Å². The van der Waals surface area contributed by atoms with Crippen molar-refractivity contribution in [3.63, 3.8) is 0 Å². The van der Waals surface area contributed by atoms with Gasteiger partial charge in [0.2, 0.25) is 29.5 Å². The molecule has 2 aliphatic rings. The van der Waals surface area contributed by atoms with Crippen molar-refractivity contribution < 1.29 is 36.8 Å². The summed E-state index contributed by atoms with van der Waals surface area (Å²) in [4.78, 5) is 48.2. The number of halogens is 2. The zero-order chi connectivity index (χ0) is 38.5. The summed E-state index contributed by atoms with van der Waals surface area (Å²) in [7, 11) is -5.32. The van der Waals surface area contributed by atoms with Crippen molar-refractivity contribution in [3.05, 3.63) is 120 Å². The molecule has 2 aromatic heterocycles. The van der Waals surface area contributed by atoms with Crippen LogP contribution in [0.3, 0.4) is 0 Å². The number of para-hydroxylation sites is 1. The highest BCUT2D eigenvalue weighted by molar-refractivity contribution is 7.55. The molecule has 4 heterocycles. The van der Waals surface area contributed by atoms with Crippen LogP contribution in [-0.2, 0) is 37.5 Å². The van der Waals surface area contributed by atoms with Crippen LogP contribution in [0.5, 0.6) is 11.8 Å². The minimum Gasteiger partial charge on any atom is -0.393 e. The van der Waals surface area contributed by atoms with E-state index in [4.69, 9.17) is 14.8 Å². The maximum atomic E-state index is 16.1. The quantitative estimate of drug-likeness (QED) is 0.0987. The number of alkyl halides is 2. The van der Waals surface area contributed by atoms with E-state index in [1.807, 2.05) is 25.1 Å². The van der Waals surface area contributed by atoms with Crippen LogP contribution in [0, 0.1) is 0 Å². The molecule has 3 amide bonds. The van der Waals surface area contributed by atoms with Crippen LogP contribution in [0.1, 0.15) is 55.4 Å². The zero-order valence-electron chi connectivity index (χ0n) is 29.8. The predicted octanol–water partition coefficient (Wildman–Crippen LogP) is 5.91. The standard InChI is InChI=1S/C39H41F2N6O6P/c1-25(27-13-16-30(17-14-27)39(40,41)54(51,52-35-10-3-5-20-43-35)53-36-11-4-6-21-44-36)22-34(49)46-32-18-15-28-8-7-9-29-23-31(47(37(28)29)38(32)50)24-45-26(2)12-19-33(42)48/h3-11,13-14,16-17,20-22,26,31-32,45H,12,15,18-19,23-24H2,1-2H3,(H2,42,48)(H,46,49). The van der Waals surface area contributed by atoms with Gasteiger partial charge in [0.1, 0.15) is 6.04 Å². The summed E-state index contributed by atoms with van der Waals surface area (Å²) in [6, 6.07) is 18.6. The van der Waals surface area contributed by atoms with Crippen LogP contribution in [0.4, 0.5) is 14.5 Å². The lowest BCUT2D eigenvalue weighted by Crippen LogP contribution is -2.53. The molecule has 15 heteroatoms. The lowest BCUT2D eigenvalue weighted by atomic mass is 10.0. The first-order valence-electron chi connectivity index (χ1n) is 17.6. The Hall–Kier alpha value is -5.46. The molecular weight excluding hydrogens is 717 g/mol. The van der Waals surface area contributed by atoms with Crippen LogP contribution in [0.2, 0.25) is 0 Å². The lowest BCUT2D eigenvalue weighted by molar-refractivity contribution is -0.125. The molecule has 54 heavy (non-hydrogen) atoms. The third-order valence-corrected chi connectivity index (χ3v) is 11.2. The fourth-order valence-electron chi connectivity index (χ4n) is 6.59. The number of carbonyl (C=O) groups excluding carboxylic acids is 3. The first-order chi connectivity index (χ1) is 25.8. The van der Waals surface area contributed by atoms with Crippen molar-refractivity contribution in [2.24, 2.45) is 5.73 Å². The van der Waals surface area contributed by atoms with E-state index in [2.05, 4.69) is 20.6 Å².